The van der Waals surface area contributed by atoms with Gasteiger partial charge in [-0.25, -0.2) is 8.78 Å². The van der Waals surface area contributed by atoms with E-state index in [0.29, 0.717) is 23.5 Å². The van der Waals surface area contributed by atoms with E-state index in [-0.39, 0.29) is 31.7 Å². The minimum Gasteiger partial charge on any atom is -0.495 e. The minimum absolute atomic E-state index is 0.0245. The second kappa shape index (κ2) is 14.5. The molecule has 3 rings (SSSR count). The van der Waals surface area contributed by atoms with Gasteiger partial charge in [0.1, 0.15) is 17.4 Å². The highest BCUT2D eigenvalue weighted by Crippen LogP contribution is 2.31. The molecule has 0 spiro atoms. The molecule has 0 unspecified atom stereocenters. The van der Waals surface area contributed by atoms with Crippen molar-refractivity contribution in [3.63, 3.8) is 0 Å². The number of amides is 2. The van der Waals surface area contributed by atoms with E-state index >= 15 is 0 Å². The lowest BCUT2D eigenvalue weighted by Gasteiger charge is -2.26. The summed E-state index contributed by atoms with van der Waals surface area (Å²) in [6, 6.07) is 15.8. The van der Waals surface area contributed by atoms with E-state index in [1.54, 1.807) is 12.0 Å². The Morgan fingerprint density at radius 2 is 1.70 bits per heavy atom. The lowest BCUT2D eigenvalue weighted by Crippen LogP contribution is -2.44. The molecule has 0 aromatic heterocycles. The number of aryl methyl sites for hydroxylation is 2. The Hall–Kier alpha value is -3.82. The van der Waals surface area contributed by atoms with Gasteiger partial charge in [-0.2, -0.15) is 0 Å². The Kier molecular flexibility index (Phi) is 11.2. The Morgan fingerprint density at radius 3 is 2.38 bits per heavy atom. The van der Waals surface area contributed by atoms with Crippen molar-refractivity contribution in [1.82, 2.24) is 5.32 Å². The molecule has 4 N–H and O–H groups in total. The molecule has 0 radical (unpaired) electrons. The summed E-state index contributed by atoms with van der Waals surface area (Å²) in [5, 5.41) is 12.9. The molecule has 40 heavy (non-hydrogen) atoms. The Labute approximate surface area is 234 Å². The lowest BCUT2D eigenvalue weighted by molar-refractivity contribution is -0.125. The van der Waals surface area contributed by atoms with Gasteiger partial charge in [0.25, 0.3) is 0 Å². The molecule has 0 aliphatic rings. The molecular formula is C31H37F2N3O4. The molecule has 3 aromatic carbocycles. The number of nitrogens with two attached hydrogens (primary N) is 1. The van der Waals surface area contributed by atoms with Gasteiger partial charge >= 0.3 is 0 Å². The largest absolute Gasteiger partial charge is 0.495 e. The van der Waals surface area contributed by atoms with Crippen LogP contribution in [0, 0.1) is 18.6 Å². The van der Waals surface area contributed by atoms with Gasteiger partial charge in [0.2, 0.25) is 11.8 Å². The average molecular weight is 554 g/mol. The molecule has 7 nitrogen and oxygen atoms in total. The molecule has 0 saturated carbocycles. The molecule has 0 bridgehead atoms. The summed E-state index contributed by atoms with van der Waals surface area (Å²) in [4.78, 5) is 27.6. The lowest BCUT2D eigenvalue weighted by atomic mass is 10.0. The number of aliphatic hydroxyl groups excluding tert-OH is 1. The second-order valence-corrected chi connectivity index (χ2v) is 9.85. The zero-order chi connectivity index (χ0) is 29.2. The summed E-state index contributed by atoms with van der Waals surface area (Å²) in [7, 11) is 1.54. The molecule has 0 heterocycles. The number of methoxy groups -OCH3 is 1. The standard InChI is InChI=1S/C31H37F2N3O4/c1-4-21-6-5-7-22(13-21)19-36(27-12-20(2)8-9-29(27)40-3)31(39)11-10-30(38)35-18-28(37)26(34)16-23-14-24(32)17-25(33)15-23/h5-9,12-15,17,26,28,37H,4,10-11,16,18-19,34H2,1-3H3,(H,35,38)/t26-,28+/m0/s1. The van der Waals surface area contributed by atoms with Crippen LogP contribution in [0.4, 0.5) is 14.5 Å². The van der Waals surface area contributed by atoms with E-state index in [1.165, 1.54) is 0 Å². The fourth-order valence-corrected chi connectivity index (χ4v) is 4.40. The van der Waals surface area contributed by atoms with Crippen molar-refractivity contribution in [1.29, 1.82) is 0 Å². The number of anilines is 1. The van der Waals surface area contributed by atoms with Crippen LogP contribution >= 0.6 is 0 Å². The van der Waals surface area contributed by atoms with Crippen molar-refractivity contribution >= 4 is 17.5 Å². The number of carbonyl (C=O) groups excluding carboxylic acids is 2. The fourth-order valence-electron chi connectivity index (χ4n) is 4.40. The van der Waals surface area contributed by atoms with Crippen LogP contribution in [-0.2, 0) is 29.0 Å². The van der Waals surface area contributed by atoms with Crippen LogP contribution in [-0.4, -0.2) is 42.7 Å². The highest BCUT2D eigenvalue weighted by atomic mass is 19.1. The van der Waals surface area contributed by atoms with Crippen LogP contribution in [0.3, 0.4) is 0 Å². The molecule has 0 saturated heterocycles. The Morgan fingerprint density at radius 1 is 1.00 bits per heavy atom. The number of hydrogen-bond acceptors (Lipinski definition) is 5. The fraction of sp³-hybridized carbons (Fsp3) is 0.355. The Balaban J connectivity index is 1.62. The van der Waals surface area contributed by atoms with Crippen molar-refractivity contribution < 1.29 is 28.2 Å². The topological polar surface area (TPSA) is 105 Å². The maximum absolute atomic E-state index is 13.5. The van der Waals surface area contributed by atoms with E-state index in [0.717, 1.165) is 41.3 Å². The van der Waals surface area contributed by atoms with Crippen molar-refractivity contribution in [2.24, 2.45) is 5.73 Å². The van der Waals surface area contributed by atoms with Crippen LogP contribution in [0.5, 0.6) is 5.75 Å². The van der Waals surface area contributed by atoms with Crippen molar-refractivity contribution in [3.8, 4) is 5.75 Å². The molecule has 0 aliphatic carbocycles. The number of rotatable bonds is 13. The highest BCUT2D eigenvalue weighted by Gasteiger charge is 2.22. The predicted molar refractivity (Wildman–Crippen MR) is 151 cm³/mol. The molecule has 214 valence electrons. The number of hydrogen-bond donors (Lipinski definition) is 3. The van der Waals surface area contributed by atoms with E-state index in [4.69, 9.17) is 10.5 Å². The first-order valence-electron chi connectivity index (χ1n) is 13.3. The SMILES string of the molecule is CCc1cccc(CN(C(=O)CCC(=O)NC[C@@H](O)[C@@H](N)Cc2cc(F)cc(F)c2)c2cc(C)ccc2OC)c1. The molecule has 0 fully saturated rings. The van der Waals surface area contributed by atoms with Crippen LogP contribution in [0.15, 0.2) is 60.7 Å². The van der Waals surface area contributed by atoms with Crippen LogP contribution in [0.1, 0.15) is 42.0 Å². The number of halogens is 2. The van der Waals surface area contributed by atoms with E-state index in [1.807, 2.05) is 43.3 Å². The zero-order valence-corrected chi connectivity index (χ0v) is 23.1. The first kappa shape index (κ1) is 30.7. The molecular weight excluding hydrogens is 516 g/mol. The molecule has 9 heteroatoms. The van der Waals surface area contributed by atoms with Crippen molar-refractivity contribution in [3.05, 3.63) is 94.6 Å². The summed E-state index contributed by atoms with van der Waals surface area (Å²) in [5.41, 5.74) is 9.96. The summed E-state index contributed by atoms with van der Waals surface area (Å²) >= 11 is 0. The third-order valence-corrected chi connectivity index (χ3v) is 6.63. The average Bonchev–Trinajstić information content (AvgIpc) is 2.92. The molecule has 2 atom stereocenters. The van der Waals surface area contributed by atoms with Gasteiger partial charge in [-0.1, -0.05) is 37.3 Å². The van der Waals surface area contributed by atoms with Gasteiger partial charge < -0.3 is 25.8 Å². The smallest absolute Gasteiger partial charge is 0.227 e. The summed E-state index contributed by atoms with van der Waals surface area (Å²) in [5.74, 6) is -1.60. The molecule has 3 aromatic rings. The molecule has 2 amide bonds. The van der Waals surface area contributed by atoms with E-state index in [9.17, 15) is 23.5 Å². The third kappa shape index (κ3) is 8.86. The highest BCUT2D eigenvalue weighted by molar-refractivity contribution is 5.96. The monoisotopic (exact) mass is 553 g/mol. The van der Waals surface area contributed by atoms with Gasteiger partial charge in [-0.3, -0.25) is 9.59 Å². The van der Waals surface area contributed by atoms with Crippen molar-refractivity contribution in [2.75, 3.05) is 18.6 Å². The first-order chi connectivity index (χ1) is 19.1. The van der Waals surface area contributed by atoms with Gasteiger partial charge in [-0.05, 0) is 66.3 Å². The number of carbonyl (C=O) groups is 2. The van der Waals surface area contributed by atoms with Crippen LogP contribution in [0.25, 0.3) is 0 Å². The number of benzene rings is 3. The first-order valence-corrected chi connectivity index (χ1v) is 13.3. The normalized spacial score (nSPS) is 12.5. The Bertz CT molecular complexity index is 1300. The zero-order valence-electron chi connectivity index (χ0n) is 23.1. The number of nitrogens with one attached hydrogen (secondary N) is 1. The van der Waals surface area contributed by atoms with Crippen LogP contribution < -0.4 is 20.7 Å². The van der Waals surface area contributed by atoms with E-state index < -0.39 is 29.7 Å². The van der Waals surface area contributed by atoms with Gasteiger partial charge in [0.05, 0.1) is 25.4 Å². The minimum atomic E-state index is -1.15. The summed E-state index contributed by atoms with van der Waals surface area (Å²) in [6.07, 6.45) is -0.428. The van der Waals surface area contributed by atoms with Gasteiger partial charge in [-0.15, -0.1) is 0 Å². The van der Waals surface area contributed by atoms with Gasteiger partial charge in [0.15, 0.2) is 0 Å². The third-order valence-electron chi connectivity index (χ3n) is 6.63. The predicted octanol–water partition coefficient (Wildman–Crippen LogP) is 4.20. The second-order valence-electron chi connectivity index (χ2n) is 9.85. The van der Waals surface area contributed by atoms with Crippen molar-refractivity contribution in [2.45, 2.75) is 58.2 Å². The maximum Gasteiger partial charge on any atom is 0.227 e. The van der Waals surface area contributed by atoms with E-state index in [2.05, 4.69) is 18.3 Å². The maximum atomic E-state index is 13.5. The number of ether oxygens (including phenoxy) is 1. The molecule has 0 aliphatic heterocycles. The summed E-state index contributed by atoms with van der Waals surface area (Å²) < 4.78 is 32.4. The summed E-state index contributed by atoms with van der Waals surface area (Å²) in [6.45, 7) is 4.14. The number of aliphatic hydroxyl groups is 1. The van der Waals surface area contributed by atoms with Crippen LogP contribution in [0.2, 0.25) is 0 Å². The number of nitrogens with zero attached hydrogens (tertiary/aromatic N) is 1. The van der Waals surface area contributed by atoms with Gasteiger partial charge in [0, 0.05) is 31.5 Å². The quantitative estimate of drug-likeness (QED) is 0.294.